The molecule has 4 nitrogen and oxygen atoms in total. The van der Waals surface area contributed by atoms with E-state index in [9.17, 15) is 9.90 Å². The Labute approximate surface area is 114 Å². The van der Waals surface area contributed by atoms with Crippen molar-refractivity contribution in [3.63, 3.8) is 0 Å². The number of aliphatic hydroxyl groups is 1. The number of benzene rings is 1. The first-order valence-corrected chi connectivity index (χ1v) is 6.79. The number of rotatable bonds is 5. The molecule has 0 unspecified atom stereocenters. The number of hydrogen-bond donors (Lipinski definition) is 3. The average Bonchev–Trinajstić information content (AvgIpc) is 2.33. The number of aryl methyl sites for hydroxylation is 1. The molecule has 0 fully saturated rings. The second-order valence-corrected chi connectivity index (χ2v) is 5.78. The summed E-state index contributed by atoms with van der Waals surface area (Å²) in [6.07, 6.45) is 2.33. The van der Waals surface area contributed by atoms with E-state index in [0.29, 0.717) is 13.0 Å². The minimum absolute atomic E-state index is 0.104. The number of carbonyl (C=O) groups is 1. The SMILES string of the molecule is CC(C)(O)CNCCc1ccc2c(c1)CCC(=O)N2. The number of carbonyl (C=O) groups excluding carboxylic acids is 1. The quantitative estimate of drug-likeness (QED) is 0.704. The van der Waals surface area contributed by atoms with Crippen LogP contribution >= 0.6 is 0 Å². The summed E-state index contributed by atoms with van der Waals surface area (Å²) >= 11 is 0. The second kappa shape index (κ2) is 5.72. The molecular weight excluding hydrogens is 240 g/mol. The standard InChI is InChI=1S/C15H22N2O2/c1-15(2,19)10-16-8-7-11-3-5-13-12(9-11)4-6-14(18)17-13/h3,5,9,16,19H,4,6-8,10H2,1-2H3,(H,17,18). The highest BCUT2D eigenvalue weighted by atomic mass is 16.3. The Bertz CT molecular complexity index is 464. The van der Waals surface area contributed by atoms with Crippen LogP contribution in [0, 0.1) is 0 Å². The van der Waals surface area contributed by atoms with E-state index in [1.54, 1.807) is 13.8 Å². The van der Waals surface area contributed by atoms with Crippen molar-refractivity contribution in [1.29, 1.82) is 0 Å². The van der Waals surface area contributed by atoms with Crippen LogP contribution in [0.3, 0.4) is 0 Å². The van der Waals surface area contributed by atoms with Gasteiger partial charge in [-0.1, -0.05) is 12.1 Å². The highest BCUT2D eigenvalue weighted by molar-refractivity contribution is 5.93. The van der Waals surface area contributed by atoms with Crippen LogP contribution in [0.5, 0.6) is 0 Å². The Morgan fingerprint density at radius 2 is 2.16 bits per heavy atom. The van der Waals surface area contributed by atoms with Gasteiger partial charge in [-0.25, -0.2) is 0 Å². The summed E-state index contributed by atoms with van der Waals surface area (Å²) in [6.45, 7) is 5.02. The lowest BCUT2D eigenvalue weighted by molar-refractivity contribution is -0.116. The van der Waals surface area contributed by atoms with E-state index in [0.717, 1.165) is 25.1 Å². The fourth-order valence-corrected chi connectivity index (χ4v) is 2.22. The van der Waals surface area contributed by atoms with Crippen molar-refractivity contribution in [2.24, 2.45) is 0 Å². The number of nitrogens with one attached hydrogen (secondary N) is 2. The van der Waals surface area contributed by atoms with E-state index >= 15 is 0 Å². The maximum atomic E-state index is 11.3. The molecule has 3 N–H and O–H groups in total. The molecule has 0 aromatic heterocycles. The van der Waals surface area contributed by atoms with Crippen LogP contribution in [0.2, 0.25) is 0 Å². The summed E-state index contributed by atoms with van der Waals surface area (Å²) < 4.78 is 0. The maximum Gasteiger partial charge on any atom is 0.224 e. The minimum Gasteiger partial charge on any atom is -0.389 e. The Morgan fingerprint density at radius 1 is 1.37 bits per heavy atom. The van der Waals surface area contributed by atoms with Crippen molar-refractivity contribution < 1.29 is 9.90 Å². The van der Waals surface area contributed by atoms with E-state index in [1.807, 2.05) is 6.07 Å². The van der Waals surface area contributed by atoms with Gasteiger partial charge >= 0.3 is 0 Å². The van der Waals surface area contributed by atoms with E-state index < -0.39 is 5.60 Å². The molecule has 104 valence electrons. The van der Waals surface area contributed by atoms with Crippen molar-refractivity contribution in [2.75, 3.05) is 18.4 Å². The lowest BCUT2D eigenvalue weighted by atomic mass is 9.99. The molecule has 0 atom stereocenters. The van der Waals surface area contributed by atoms with Gasteiger partial charge in [0.25, 0.3) is 0 Å². The maximum absolute atomic E-state index is 11.3. The summed E-state index contributed by atoms with van der Waals surface area (Å²) in [7, 11) is 0. The Morgan fingerprint density at radius 3 is 2.89 bits per heavy atom. The van der Waals surface area contributed by atoms with Gasteiger partial charge in [0.2, 0.25) is 5.91 Å². The van der Waals surface area contributed by atoms with Crippen molar-refractivity contribution >= 4 is 11.6 Å². The fraction of sp³-hybridized carbons (Fsp3) is 0.533. The largest absolute Gasteiger partial charge is 0.389 e. The van der Waals surface area contributed by atoms with E-state index in [1.165, 1.54) is 11.1 Å². The molecule has 0 saturated carbocycles. The van der Waals surface area contributed by atoms with E-state index in [2.05, 4.69) is 22.8 Å². The van der Waals surface area contributed by atoms with Gasteiger partial charge in [-0.15, -0.1) is 0 Å². The third kappa shape index (κ3) is 4.33. The van der Waals surface area contributed by atoms with Crippen LogP contribution in [-0.2, 0) is 17.6 Å². The molecule has 1 heterocycles. The zero-order valence-corrected chi connectivity index (χ0v) is 11.6. The van der Waals surface area contributed by atoms with Gasteiger partial charge in [0.1, 0.15) is 0 Å². The number of anilines is 1. The smallest absolute Gasteiger partial charge is 0.224 e. The predicted molar refractivity (Wildman–Crippen MR) is 76.3 cm³/mol. The van der Waals surface area contributed by atoms with E-state index in [-0.39, 0.29) is 5.91 Å². The molecule has 0 radical (unpaired) electrons. The van der Waals surface area contributed by atoms with Crippen LogP contribution in [0.4, 0.5) is 5.69 Å². The van der Waals surface area contributed by atoms with Crippen LogP contribution in [-0.4, -0.2) is 29.7 Å². The number of hydrogen-bond acceptors (Lipinski definition) is 3. The molecule has 19 heavy (non-hydrogen) atoms. The zero-order valence-electron chi connectivity index (χ0n) is 11.6. The Hall–Kier alpha value is -1.39. The Kier molecular flexibility index (Phi) is 4.22. The molecule has 2 rings (SSSR count). The van der Waals surface area contributed by atoms with Crippen molar-refractivity contribution in [2.45, 2.75) is 38.7 Å². The summed E-state index contributed by atoms with van der Waals surface area (Å²) in [5.74, 6) is 0.104. The van der Waals surface area contributed by atoms with Gasteiger partial charge < -0.3 is 15.7 Å². The average molecular weight is 262 g/mol. The van der Waals surface area contributed by atoms with Crippen LogP contribution in [0.25, 0.3) is 0 Å². The van der Waals surface area contributed by atoms with Crippen molar-refractivity contribution in [3.05, 3.63) is 29.3 Å². The first-order valence-electron chi connectivity index (χ1n) is 6.79. The van der Waals surface area contributed by atoms with Crippen molar-refractivity contribution in [3.8, 4) is 0 Å². The zero-order chi connectivity index (χ0) is 13.9. The molecule has 1 aliphatic heterocycles. The van der Waals surface area contributed by atoms with Crippen LogP contribution in [0.15, 0.2) is 18.2 Å². The van der Waals surface area contributed by atoms with Gasteiger partial charge in [-0.05, 0) is 50.4 Å². The molecule has 1 aromatic carbocycles. The monoisotopic (exact) mass is 262 g/mol. The predicted octanol–water partition coefficient (Wildman–Crippen LogP) is 1.47. The van der Waals surface area contributed by atoms with Gasteiger partial charge in [-0.3, -0.25) is 4.79 Å². The van der Waals surface area contributed by atoms with Gasteiger partial charge in [0, 0.05) is 18.7 Å². The van der Waals surface area contributed by atoms with Gasteiger partial charge in [0.15, 0.2) is 0 Å². The topological polar surface area (TPSA) is 61.4 Å². The molecule has 0 saturated heterocycles. The van der Waals surface area contributed by atoms with E-state index in [4.69, 9.17) is 0 Å². The van der Waals surface area contributed by atoms with Crippen molar-refractivity contribution in [1.82, 2.24) is 5.32 Å². The Balaban J connectivity index is 1.87. The third-order valence-corrected chi connectivity index (χ3v) is 3.21. The lowest BCUT2D eigenvalue weighted by Gasteiger charge is -2.19. The highest BCUT2D eigenvalue weighted by Crippen LogP contribution is 2.23. The van der Waals surface area contributed by atoms with Crippen LogP contribution in [0.1, 0.15) is 31.4 Å². The third-order valence-electron chi connectivity index (χ3n) is 3.21. The van der Waals surface area contributed by atoms with Gasteiger partial charge in [0.05, 0.1) is 5.60 Å². The molecule has 1 aromatic rings. The minimum atomic E-state index is -0.667. The van der Waals surface area contributed by atoms with Crippen LogP contribution < -0.4 is 10.6 Å². The summed E-state index contributed by atoms with van der Waals surface area (Å²) in [4.78, 5) is 11.3. The number of amides is 1. The summed E-state index contributed by atoms with van der Waals surface area (Å²) in [6, 6.07) is 6.20. The lowest BCUT2D eigenvalue weighted by Crippen LogP contribution is -2.35. The summed E-state index contributed by atoms with van der Waals surface area (Å²) in [5.41, 5.74) is 2.77. The molecule has 0 aliphatic carbocycles. The normalized spacial score (nSPS) is 15.0. The molecule has 1 aliphatic rings. The molecular formula is C15H22N2O2. The number of fused-ring (bicyclic) bond motifs is 1. The molecule has 1 amide bonds. The molecule has 4 heteroatoms. The first-order chi connectivity index (χ1) is 8.94. The first kappa shape index (κ1) is 14.0. The highest BCUT2D eigenvalue weighted by Gasteiger charge is 2.15. The van der Waals surface area contributed by atoms with Gasteiger partial charge in [-0.2, -0.15) is 0 Å². The molecule has 0 bridgehead atoms. The summed E-state index contributed by atoms with van der Waals surface area (Å²) in [5, 5.41) is 15.7. The fourth-order valence-electron chi connectivity index (χ4n) is 2.22. The molecule has 0 spiro atoms. The second-order valence-electron chi connectivity index (χ2n) is 5.78.